The summed E-state index contributed by atoms with van der Waals surface area (Å²) in [7, 11) is 4.63. The molecular formula is C16H33N3. The van der Waals surface area contributed by atoms with E-state index in [1.165, 1.54) is 71.4 Å². The van der Waals surface area contributed by atoms with Crippen LogP contribution in [-0.2, 0) is 0 Å². The number of hydrogen-bond acceptors (Lipinski definition) is 3. The first-order valence-corrected chi connectivity index (χ1v) is 8.30. The Bertz CT molecular complexity index is 248. The molecule has 0 aliphatic carbocycles. The Balaban J connectivity index is 1.70. The van der Waals surface area contributed by atoms with Crippen molar-refractivity contribution in [3.05, 3.63) is 0 Å². The van der Waals surface area contributed by atoms with Crippen molar-refractivity contribution in [1.82, 2.24) is 14.7 Å². The van der Waals surface area contributed by atoms with Crippen molar-refractivity contribution in [2.75, 3.05) is 53.4 Å². The van der Waals surface area contributed by atoms with Gasteiger partial charge < -0.3 is 14.7 Å². The number of nitrogens with zero attached hydrogens (tertiary/aromatic N) is 3. The van der Waals surface area contributed by atoms with Crippen LogP contribution < -0.4 is 0 Å². The summed E-state index contributed by atoms with van der Waals surface area (Å²) < 4.78 is 0. The molecule has 3 nitrogen and oxygen atoms in total. The van der Waals surface area contributed by atoms with Gasteiger partial charge >= 0.3 is 0 Å². The molecular weight excluding hydrogens is 234 g/mol. The molecule has 3 heteroatoms. The summed E-state index contributed by atoms with van der Waals surface area (Å²) in [6, 6.07) is 0.834. The summed E-state index contributed by atoms with van der Waals surface area (Å²) in [6.07, 6.45) is 6.88. The van der Waals surface area contributed by atoms with E-state index in [-0.39, 0.29) is 0 Å². The van der Waals surface area contributed by atoms with Gasteiger partial charge in [0.2, 0.25) is 0 Å². The molecule has 112 valence electrons. The van der Waals surface area contributed by atoms with Gasteiger partial charge in [-0.2, -0.15) is 0 Å². The molecule has 0 radical (unpaired) electrons. The average Bonchev–Trinajstić information content (AvgIpc) is 2.40. The van der Waals surface area contributed by atoms with Crippen LogP contribution >= 0.6 is 0 Å². The van der Waals surface area contributed by atoms with Gasteiger partial charge in [0.25, 0.3) is 0 Å². The van der Waals surface area contributed by atoms with Crippen LogP contribution in [-0.4, -0.2) is 74.1 Å². The van der Waals surface area contributed by atoms with Crippen molar-refractivity contribution in [3.8, 4) is 0 Å². The molecule has 19 heavy (non-hydrogen) atoms. The van der Waals surface area contributed by atoms with Crippen LogP contribution in [0.25, 0.3) is 0 Å². The monoisotopic (exact) mass is 267 g/mol. The predicted molar refractivity (Wildman–Crippen MR) is 82.6 cm³/mol. The van der Waals surface area contributed by atoms with E-state index >= 15 is 0 Å². The highest BCUT2D eigenvalue weighted by atomic mass is 15.2. The van der Waals surface area contributed by atoms with Crippen LogP contribution in [0, 0.1) is 5.92 Å². The molecule has 2 aliphatic heterocycles. The van der Waals surface area contributed by atoms with Crippen molar-refractivity contribution in [1.29, 1.82) is 0 Å². The Morgan fingerprint density at radius 1 is 1.11 bits per heavy atom. The van der Waals surface area contributed by atoms with Gasteiger partial charge in [-0.15, -0.1) is 0 Å². The number of rotatable bonds is 5. The van der Waals surface area contributed by atoms with E-state index < -0.39 is 0 Å². The van der Waals surface area contributed by atoms with Crippen LogP contribution in [0.1, 0.15) is 39.0 Å². The number of hydrogen-bond donors (Lipinski definition) is 0. The number of piperidine rings is 2. The Hall–Kier alpha value is -0.120. The topological polar surface area (TPSA) is 9.72 Å². The molecule has 0 unspecified atom stereocenters. The summed E-state index contributed by atoms with van der Waals surface area (Å²) >= 11 is 0. The fourth-order valence-corrected chi connectivity index (χ4v) is 3.88. The quantitative estimate of drug-likeness (QED) is 0.755. The highest BCUT2D eigenvalue weighted by Gasteiger charge is 2.25. The smallest absolute Gasteiger partial charge is 0.0117 e. The molecule has 0 N–H and O–H groups in total. The van der Waals surface area contributed by atoms with Crippen molar-refractivity contribution < 1.29 is 0 Å². The first-order chi connectivity index (χ1) is 9.19. The molecule has 1 atom stereocenters. The van der Waals surface area contributed by atoms with E-state index in [1.54, 1.807) is 0 Å². The van der Waals surface area contributed by atoms with Crippen molar-refractivity contribution >= 4 is 0 Å². The Labute approximate surface area is 119 Å². The zero-order valence-electron chi connectivity index (χ0n) is 13.3. The molecule has 2 heterocycles. The Morgan fingerprint density at radius 3 is 2.47 bits per heavy atom. The molecule has 0 spiro atoms. The lowest BCUT2D eigenvalue weighted by Crippen LogP contribution is -2.46. The minimum Gasteiger partial charge on any atom is -0.306 e. The maximum atomic E-state index is 2.66. The molecule has 0 aromatic rings. The van der Waals surface area contributed by atoms with E-state index in [0.717, 1.165) is 12.0 Å². The first kappa shape index (κ1) is 15.3. The average molecular weight is 267 g/mol. The second-order valence-corrected chi connectivity index (χ2v) is 6.78. The van der Waals surface area contributed by atoms with Crippen molar-refractivity contribution in [2.45, 2.75) is 45.1 Å². The summed E-state index contributed by atoms with van der Waals surface area (Å²) in [5.74, 6) is 0.900. The minimum atomic E-state index is 0.834. The summed E-state index contributed by atoms with van der Waals surface area (Å²) in [5, 5.41) is 0. The summed E-state index contributed by atoms with van der Waals surface area (Å²) in [6.45, 7) is 10.1. The van der Waals surface area contributed by atoms with Crippen LogP contribution in [0.5, 0.6) is 0 Å². The molecule has 0 saturated carbocycles. The molecule has 0 bridgehead atoms. The van der Waals surface area contributed by atoms with Gasteiger partial charge in [-0.3, -0.25) is 0 Å². The van der Waals surface area contributed by atoms with Gasteiger partial charge in [-0.25, -0.2) is 0 Å². The van der Waals surface area contributed by atoms with Gasteiger partial charge in [-0.1, -0.05) is 6.92 Å². The van der Waals surface area contributed by atoms with Crippen LogP contribution in [0.3, 0.4) is 0 Å². The fourth-order valence-electron chi connectivity index (χ4n) is 3.88. The van der Waals surface area contributed by atoms with E-state index in [4.69, 9.17) is 0 Å². The summed E-state index contributed by atoms with van der Waals surface area (Å²) in [5.41, 5.74) is 0. The van der Waals surface area contributed by atoms with E-state index in [2.05, 4.69) is 35.7 Å². The molecule has 0 amide bonds. The van der Waals surface area contributed by atoms with E-state index in [1.807, 2.05) is 0 Å². The van der Waals surface area contributed by atoms with Gasteiger partial charge in [0.05, 0.1) is 0 Å². The standard InChI is InChI=1S/C16H33N3/c1-4-9-19-11-7-16(8-12-19)18(3)14-15-6-5-10-17(2)13-15/h15-16H,4-14H2,1-3H3/t15-/m1/s1. The molecule has 2 fully saturated rings. The third kappa shape index (κ3) is 4.73. The lowest BCUT2D eigenvalue weighted by molar-refractivity contribution is 0.0963. The number of likely N-dealkylation sites (tertiary alicyclic amines) is 2. The second kappa shape index (κ2) is 7.61. The van der Waals surface area contributed by atoms with Gasteiger partial charge in [0, 0.05) is 19.1 Å². The first-order valence-electron chi connectivity index (χ1n) is 8.30. The second-order valence-electron chi connectivity index (χ2n) is 6.78. The maximum absolute atomic E-state index is 2.66. The van der Waals surface area contributed by atoms with Crippen LogP contribution in [0.15, 0.2) is 0 Å². The molecule has 0 aromatic heterocycles. The fraction of sp³-hybridized carbons (Fsp3) is 1.00. The maximum Gasteiger partial charge on any atom is 0.0117 e. The SMILES string of the molecule is CCCN1CCC(N(C)C[C@@H]2CCCN(C)C2)CC1. The zero-order chi connectivity index (χ0) is 13.7. The third-order valence-electron chi connectivity index (χ3n) is 4.99. The summed E-state index contributed by atoms with van der Waals surface area (Å²) in [4.78, 5) is 7.80. The third-order valence-corrected chi connectivity index (χ3v) is 4.99. The van der Waals surface area contributed by atoms with Crippen molar-refractivity contribution in [2.24, 2.45) is 5.92 Å². The van der Waals surface area contributed by atoms with Gasteiger partial charge in [-0.05, 0) is 78.3 Å². The highest BCUT2D eigenvalue weighted by molar-refractivity contribution is 4.81. The van der Waals surface area contributed by atoms with Crippen LogP contribution in [0.4, 0.5) is 0 Å². The van der Waals surface area contributed by atoms with E-state index in [0.29, 0.717) is 0 Å². The molecule has 2 rings (SSSR count). The largest absolute Gasteiger partial charge is 0.306 e. The van der Waals surface area contributed by atoms with Gasteiger partial charge in [0.15, 0.2) is 0 Å². The zero-order valence-corrected chi connectivity index (χ0v) is 13.3. The molecule has 0 aromatic carbocycles. The van der Waals surface area contributed by atoms with Crippen LogP contribution in [0.2, 0.25) is 0 Å². The van der Waals surface area contributed by atoms with Crippen molar-refractivity contribution in [3.63, 3.8) is 0 Å². The molecule has 2 saturated heterocycles. The van der Waals surface area contributed by atoms with Gasteiger partial charge in [0.1, 0.15) is 0 Å². The lowest BCUT2D eigenvalue weighted by atomic mass is 9.96. The molecule has 2 aliphatic rings. The normalized spacial score (nSPS) is 28.1. The van der Waals surface area contributed by atoms with E-state index in [9.17, 15) is 0 Å². The predicted octanol–water partition coefficient (Wildman–Crippen LogP) is 2.13. The highest BCUT2D eigenvalue weighted by Crippen LogP contribution is 2.20. The Morgan fingerprint density at radius 2 is 1.84 bits per heavy atom. The Kier molecular flexibility index (Phi) is 6.11. The lowest BCUT2D eigenvalue weighted by Gasteiger charge is -2.39. The minimum absolute atomic E-state index is 0.834.